The Bertz CT molecular complexity index is 502. The van der Waals surface area contributed by atoms with E-state index in [1.54, 1.807) is 0 Å². The number of aliphatic imine (C=N–C) groups is 1. The van der Waals surface area contributed by atoms with Crippen molar-refractivity contribution < 1.29 is 28.5 Å². The van der Waals surface area contributed by atoms with Crippen molar-refractivity contribution in [2.75, 3.05) is 6.50 Å². The molecule has 0 amide bonds. The number of nitrogens with two attached hydrogens (primary N) is 3. The molecule has 0 aliphatic rings. The van der Waals surface area contributed by atoms with E-state index in [4.69, 9.17) is 45.7 Å². The molecule has 8 N–H and O–H groups in total. The topological polar surface area (TPSA) is 165 Å². The molecule has 1 atom stereocenters. The Kier molecular flexibility index (Phi) is 2.82. The molecule has 0 heterocycles. The third kappa shape index (κ3) is 22.5. The predicted octanol–water partition coefficient (Wildman–Crippen LogP) is -1.66. The van der Waals surface area contributed by atoms with Gasteiger partial charge in [0.2, 0.25) is 0 Å². The Morgan fingerprint density at radius 1 is 1.71 bits per heavy atom. The van der Waals surface area contributed by atoms with Crippen molar-refractivity contribution in [1.29, 1.82) is 0 Å². The molecule has 86 valence electrons. The summed E-state index contributed by atoms with van der Waals surface area (Å²) in [6.45, 7) is -6.41. The van der Waals surface area contributed by atoms with Crippen molar-refractivity contribution in [2.24, 2.45) is 22.2 Å². The second-order valence-electron chi connectivity index (χ2n) is 1.60. The molecule has 0 bridgehead atoms. The van der Waals surface area contributed by atoms with Crippen LogP contribution in [0.3, 0.4) is 0 Å². The van der Waals surface area contributed by atoms with Gasteiger partial charge in [0.05, 0.1) is 7.39 Å². The highest BCUT2D eigenvalue weighted by atomic mass is 32.3. The lowest BCUT2D eigenvalue weighted by Crippen LogP contribution is -2.28. The fourth-order valence-electron chi connectivity index (χ4n) is 0.225. The minimum Gasteiger partial charge on any atom is -0.370 e. The minimum atomic E-state index is -4.67. The summed E-state index contributed by atoms with van der Waals surface area (Å²) < 4.78 is 89.1. The van der Waals surface area contributed by atoms with Crippen molar-refractivity contribution in [3.8, 4) is 0 Å². The lowest BCUT2D eigenvalue weighted by molar-refractivity contribution is 0.381. The van der Waals surface area contributed by atoms with Gasteiger partial charge in [-0.05, 0) is 6.37 Å². The molecule has 0 saturated carbocycles. The van der Waals surface area contributed by atoms with Crippen LogP contribution < -0.4 is 17.2 Å². The van der Waals surface area contributed by atoms with Crippen LogP contribution >= 0.6 is 0 Å². The number of guanidine groups is 1. The first kappa shape index (κ1) is 5.26. The van der Waals surface area contributed by atoms with Crippen LogP contribution in [0, 0.1) is 0 Å². The summed E-state index contributed by atoms with van der Waals surface area (Å²) >= 11 is 0. The lowest BCUT2D eigenvalue weighted by Gasteiger charge is -2.04. The molecule has 0 aromatic rings. The SMILES string of the molecule is O=S(=O)(O)O.[2H]C([2H])([2H])C([2H])([2H])C([2H])(N=C(N)N)C([2H])([2H])N. The van der Waals surface area contributed by atoms with Gasteiger partial charge in [0.1, 0.15) is 0 Å². The fourth-order valence-corrected chi connectivity index (χ4v) is 0.225. The highest BCUT2D eigenvalue weighted by molar-refractivity contribution is 7.79. The van der Waals surface area contributed by atoms with Crippen LogP contribution in [0.25, 0.3) is 0 Å². The third-order valence-electron chi connectivity index (χ3n) is 0.496. The van der Waals surface area contributed by atoms with Crippen molar-refractivity contribution in [3.63, 3.8) is 0 Å². The molecule has 0 aromatic heterocycles. The summed E-state index contributed by atoms with van der Waals surface area (Å²) in [7, 11) is -4.67. The van der Waals surface area contributed by atoms with E-state index >= 15 is 0 Å². The van der Waals surface area contributed by atoms with Gasteiger partial charge >= 0.3 is 10.4 Å². The smallest absolute Gasteiger partial charge is 0.370 e. The molecule has 8 nitrogen and oxygen atoms in total. The highest BCUT2D eigenvalue weighted by Gasteiger charge is 1.98. The van der Waals surface area contributed by atoms with Gasteiger partial charge in [-0.2, -0.15) is 8.42 Å². The average molecular weight is 236 g/mol. The van der Waals surface area contributed by atoms with Crippen LogP contribution in [0.15, 0.2) is 4.99 Å². The van der Waals surface area contributed by atoms with Gasteiger partial charge in [0, 0.05) is 16.1 Å². The zero-order valence-electron chi connectivity index (χ0n) is 14.8. The van der Waals surface area contributed by atoms with E-state index in [0.717, 1.165) is 0 Å². The van der Waals surface area contributed by atoms with Crippen LogP contribution in [0.1, 0.15) is 24.2 Å². The van der Waals surface area contributed by atoms with E-state index in [2.05, 4.69) is 4.99 Å². The molecule has 0 rings (SSSR count). The normalized spacial score (nSPS) is 25.9. The van der Waals surface area contributed by atoms with Gasteiger partial charge in [-0.25, -0.2) is 4.99 Å². The Labute approximate surface area is 94.0 Å². The van der Waals surface area contributed by atoms with Crippen molar-refractivity contribution in [2.45, 2.75) is 19.2 Å². The van der Waals surface area contributed by atoms with E-state index in [1.165, 1.54) is 0 Å². The number of rotatable bonds is 3. The molecular formula is C5H16N4O4S. The number of hydrogen-bond donors (Lipinski definition) is 5. The van der Waals surface area contributed by atoms with Crippen molar-refractivity contribution >= 4 is 16.4 Å². The van der Waals surface area contributed by atoms with Crippen LogP contribution in [0.2, 0.25) is 0 Å². The van der Waals surface area contributed by atoms with Crippen molar-refractivity contribution in [3.05, 3.63) is 0 Å². The molecule has 9 heteroatoms. The van der Waals surface area contributed by atoms with E-state index in [1.807, 2.05) is 0 Å². The summed E-state index contributed by atoms with van der Waals surface area (Å²) in [6.07, 6.45) is -3.37. The van der Waals surface area contributed by atoms with Gasteiger partial charge in [0.15, 0.2) is 5.96 Å². The summed E-state index contributed by atoms with van der Waals surface area (Å²) in [5.74, 6) is -0.831. The summed E-state index contributed by atoms with van der Waals surface area (Å²) in [6, 6.07) is -3.19. The molecule has 0 spiro atoms. The molecule has 0 aliphatic heterocycles. The second kappa shape index (κ2) is 7.50. The maximum atomic E-state index is 8.74. The molecule has 0 fully saturated rings. The monoisotopic (exact) mass is 236 g/mol. The first-order valence-corrected chi connectivity index (χ1v) is 4.16. The fraction of sp³-hybridized carbons (Fsp3) is 0.800. The number of hydrogen-bond acceptors (Lipinski definition) is 4. The zero-order chi connectivity index (χ0) is 18.8. The first-order chi connectivity index (χ1) is 9.17. The van der Waals surface area contributed by atoms with Crippen LogP contribution in [-0.2, 0) is 10.4 Å². The Balaban J connectivity index is 0. The zero-order valence-corrected chi connectivity index (χ0v) is 7.61. The third-order valence-corrected chi connectivity index (χ3v) is 0.496. The number of nitrogens with zero attached hydrogens (tertiary/aromatic N) is 1. The quantitative estimate of drug-likeness (QED) is 0.222. The largest absolute Gasteiger partial charge is 0.394 e. The molecule has 0 saturated heterocycles. The molecule has 1 unspecified atom stereocenters. The van der Waals surface area contributed by atoms with E-state index in [9.17, 15) is 0 Å². The predicted molar refractivity (Wildman–Crippen MR) is 53.1 cm³/mol. The maximum Gasteiger partial charge on any atom is 0.394 e. The standard InChI is InChI=1S/C5H14N4.H2O4S/c1-2-4(3-6)9-5(7)8;1-5(2,3)4/h4H,2-3,6H2,1H3,(H4,7,8,9);(H2,1,2,3,4)/i1D3,2D2,3D2,4D;. The van der Waals surface area contributed by atoms with E-state index < -0.39 is 42.1 Å². The van der Waals surface area contributed by atoms with E-state index in [0.29, 0.717) is 0 Å². The van der Waals surface area contributed by atoms with Gasteiger partial charge in [-0.3, -0.25) is 9.11 Å². The molecule has 14 heavy (non-hydrogen) atoms. The van der Waals surface area contributed by atoms with Gasteiger partial charge in [-0.1, -0.05) is 6.85 Å². The van der Waals surface area contributed by atoms with Crippen LogP contribution in [-0.4, -0.2) is 36.0 Å². The maximum absolute atomic E-state index is 8.74. The first-order valence-electron chi connectivity index (χ1n) is 6.76. The van der Waals surface area contributed by atoms with Crippen molar-refractivity contribution in [1.82, 2.24) is 0 Å². The van der Waals surface area contributed by atoms with E-state index in [-0.39, 0.29) is 0 Å². The molecule has 0 aromatic carbocycles. The summed E-state index contributed by atoms with van der Waals surface area (Å²) in [5.41, 5.74) is 14.9. The Hall–Kier alpha value is -0.900. The van der Waals surface area contributed by atoms with Gasteiger partial charge in [-0.15, -0.1) is 0 Å². The lowest BCUT2D eigenvalue weighted by atomic mass is 10.2. The van der Waals surface area contributed by atoms with Crippen LogP contribution in [0.5, 0.6) is 0 Å². The minimum absolute atomic E-state index is 0.831. The van der Waals surface area contributed by atoms with Crippen LogP contribution in [0.4, 0.5) is 0 Å². The van der Waals surface area contributed by atoms with Gasteiger partial charge < -0.3 is 17.2 Å². The molecule has 0 radical (unpaired) electrons. The molecule has 0 aliphatic carbocycles. The Morgan fingerprint density at radius 3 is 2.36 bits per heavy atom. The average Bonchev–Trinajstić information content (AvgIpc) is 2.09. The Morgan fingerprint density at radius 2 is 2.14 bits per heavy atom. The summed E-state index contributed by atoms with van der Waals surface area (Å²) in [5, 5.41) is 0. The summed E-state index contributed by atoms with van der Waals surface area (Å²) in [4.78, 5) is 3.02. The second-order valence-corrected chi connectivity index (χ2v) is 2.50. The molecular weight excluding hydrogens is 212 g/mol. The highest BCUT2D eigenvalue weighted by Crippen LogP contribution is 1.91. The van der Waals surface area contributed by atoms with Gasteiger partial charge in [0.25, 0.3) is 0 Å².